The molecule has 5 aliphatic rings. The lowest BCUT2D eigenvalue weighted by Crippen LogP contribution is -2.51. The van der Waals surface area contributed by atoms with Crippen LogP contribution in [-0.4, -0.2) is 49.1 Å². The normalized spacial score (nSPS) is 42.3. The Morgan fingerprint density at radius 2 is 1.74 bits per heavy atom. The summed E-state index contributed by atoms with van der Waals surface area (Å²) in [6.07, 6.45) is 12.8. The van der Waals surface area contributed by atoms with E-state index in [1.807, 2.05) is 6.08 Å². The van der Waals surface area contributed by atoms with Gasteiger partial charge < -0.3 is 9.32 Å². The van der Waals surface area contributed by atoms with Crippen LogP contribution in [0.4, 0.5) is 0 Å². The van der Waals surface area contributed by atoms with E-state index in [2.05, 4.69) is 40.0 Å². The number of hydrogen-bond donors (Lipinski definition) is 0. The highest BCUT2D eigenvalue weighted by atomic mass is 16.7. The lowest BCUT2D eigenvalue weighted by Gasteiger charge is -2.58. The third-order valence-electron chi connectivity index (χ3n) is 11.2. The molecule has 3 saturated carbocycles. The van der Waals surface area contributed by atoms with Gasteiger partial charge in [-0.15, -0.1) is 0 Å². The molecule has 0 aromatic carbocycles. The zero-order chi connectivity index (χ0) is 24.3. The summed E-state index contributed by atoms with van der Waals surface area (Å²) in [5.74, 6) is 2.79. The van der Waals surface area contributed by atoms with E-state index in [0.717, 1.165) is 67.7 Å². The predicted octanol–water partition coefficient (Wildman–Crippen LogP) is 5.54. The van der Waals surface area contributed by atoms with Gasteiger partial charge in [-0.3, -0.25) is 4.79 Å². The fraction of sp³-hybridized carbons (Fsp3) is 0.828. The molecule has 0 aromatic heterocycles. The first-order valence-electron chi connectivity index (χ1n) is 13.8. The second kappa shape index (κ2) is 8.57. The van der Waals surface area contributed by atoms with Crippen LogP contribution in [-0.2, 0) is 14.4 Å². The average molecular weight is 470 g/mol. The maximum atomic E-state index is 12.7. The summed E-state index contributed by atoms with van der Waals surface area (Å²) in [4.78, 5) is 30.3. The third-order valence-corrected chi connectivity index (χ3v) is 11.2. The van der Waals surface area contributed by atoms with E-state index >= 15 is 0 Å². The van der Waals surface area contributed by atoms with Crippen molar-refractivity contribution in [1.29, 1.82) is 0 Å². The molecule has 0 amide bonds. The van der Waals surface area contributed by atoms with Gasteiger partial charge in [0.1, 0.15) is 0 Å². The second-order valence-electron chi connectivity index (χ2n) is 13.4. The SMILES string of the molecule is C/C(=N\OC(=O)C1CC[N+](C)(C)CC1)[C@H]1CC[C@H]2C3CCC4=CC(=O)CC[C@]4(C)[C@H]3CC[C@]12C. The summed E-state index contributed by atoms with van der Waals surface area (Å²) >= 11 is 0. The highest BCUT2D eigenvalue weighted by molar-refractivity contribution is 5.91. The van der Waals surface area contributed by atoms with Gasteiger partial charge in [-0.2, -0.15) is 0 Å². The summed E-state index contributed by atoms with van der Waals surface area (Å²) < 4.78 is 0.989. The van der Waals surface area contributed by atoms with Crippen LogP contribution in [0.15, 0.2) is 16.8 Å². The number of fused-ring (bicyclic) bond motifs is 5. The lowest BCUT2D eigenvalue weighted by atomic mass is 9.46. The molecule has 4 aliphatic carbocycles. The topological polar surface area (TPSA) is 55.7 Å². The molecular formula is C29H45N2O3+. The van der Waals surface area contributed by atoms with Crippen LogP contribution in [0.1, 0.15) is 85.0 Å². The molecule has 0 spiro atoms. The molecule has 5 rings (SSSR count). The highest BCUT2D eigenvalue weighted by Gasteiger charge is 2.59. The van der Waals surface area contributed by atoms with Gasteiger partial charge in [0.25, 0.3) is 0 Å². The molecular weight excluding hydrogens is 424 g/mol. The van der Waals surface area contributed by atoms with Gasteiger partial charge in [0, 0.05) is 25.2 Å². The van der Waals surface area contributed by atoms with Crippen LogP contribution < -0.4 is 0 Å². The van der Waals surface area contributed by atoms with E-state index < -0.39 is 0 Å². The Labute approximate surface area is 205 Å². The summed E-state index contributed by atoms with van der Waals surface area (Å²) in [6, 6.07) is 0. The fourth-order valence-electron chi connectivity index (χ4n) is 9.00. The Hall–Kier alpha value is -1.49. The molecule has 5 nitrogen and oxygen atoms in total. The van der Waals surface area contributed by atoms with Crippen LogP contribution in [0.25, 0.3) is 0 Å². The Balaban J connectivity index is 1.27. The fourth-order valence-corrected chi connectivity index (χ4v) is 9.00. The van der Waals surface area contributed by atoms with Crippen LogP contribution in [0.3, 0.4) is 0 Å². The van der Waals surface area contributed by atoms with Crippen molar-refractivity contribution in [2.45, 2.75) is 85.0 Å². The number of piperidine rings is 1. The van der Waals surface area contributed by atoms with Gasteiger partial charge in [0.2, 0.25) is 0 Å². The van der Waals surface area contributed by atoms with E-state index in [1.54, 1.807) is 0 Å². The van der Waals surface area contributed by atoms with Crippen molar-refractivity contribution in [3.05, 3.63) is 11.6 Å². The summed E-state index contributed by atoms with van der Waals surface area (Å²) in [6.45, 7) is 9.09. The van der Waals surface area contributed by atoms with Crippen LogP contribution >= 0.6 is 0 Å². The molecule has 1 heterocycles. The Morgan fingerprint density at radius 1 is 1.00 bits per heavy atom. The number of hydrogen-bond acceptors (Lipinski definition) is 4. The molecule has 0 radical (unpaired) electrons. The van der Waals surface area contributed by atoms with E-state index in [9.17, 15) is 9.59 Å². The molecule has 4 fully saturated rings. The smallest absolute Gasteiger partial charge is 0.328 e. The number of allylic oxidation sites excluding steroid dienone is 1. The second-order valence-corrected chi connectivity index (χ2v) is 13.4. The average Bonchev–Trinajstić information content (AvgIpc) is 3.15. The standard InChI is InChI=1S/C29H45N2O3/c1-19(30-34-27(33)20-12-16-31(4,5)17-13-20)24-8-9-25-23-7-6-21-18-22(32)10-14-28(21,2)26(23)11-15-29(24,25)3/h18,20,23-26H,6-17H2,1-5H3/q+1/b30-19+/t23?,24-,25+,26+,28+,29-/m1/s1. The Morgan fingerprint density at radius 3 is 2.47 bits per heavy atom. The number of rotatable bonds is 3. The van der Waals surface area contributed by atoms with Crippen LogP contribution in [0.2, 0.25) is 0 Å². The zero-order valence-electron chi connectivity index (χ0n) is 22.1. The van der Waals surface area contributed by atoms with Crippen molar-refractivity contribution >= 4 is 17.5 Å². The number of ketones is 1. The zero-order valence-corrected chi connectivity index (χ0v) is 22.1. The van der Waals surface area contributed by atoms with Gasteiger partial charge in [0.15, 0.2) is 5.78 Å². The molecule has 0 aromatic rings. The highest BCUT2D eigenvalue weighted by Crippen LogP contribution is 2.66. The van der Waals surface area contributed by atoms with Gasteiger partial charge in [-0.1, -0.05) is 24.6 Å². The van der Waals surface area contributed by atoms with E-state index in [1.165, 1.54) is 31.3 Å². The number of carbonyl (C=O) groups excluding carboxylic acids is 2. The van der Waals surface area contributed by atoms with Crippen molar-refractivity contribution in [2.75, 3.05) is 27.2 Å². The van der Waals surface area contributed by atoms with Gasteiger partial charge in [-0.25, -0.2) is 4.79 Å². The summed E-state index contributed by atoms with van der Waals surface area (Å²) in [5.41, 5.74) is 2.94. The van der Waals surface area contributed by atoms with Gasteiger partial charge in [-0.05, 0) is 86.5 Å². The van der Waals surface area contributed by atoms with Crippen molar-refractivity contribution in [1.82, 2.24) is 0 Å². The third kappa shape index (κ3) is 4.00. The minimum Gasteiger partial charge on any atom is -0.328 e. The summed E-state index contributed by atoms with van der Waals surface area (Å²) in [5, 5.41) is 4.46. The molecule has 0 N–H and O–H groups in total. The number of likely N-dealkylation sites (tertiary alicyclic amines) is 1. The molecule has 1 unspecified atom stereocenters. The number of carbonyl (C=O) groups is 2. The number of oxime groups is 1. The van der Waals surface area contributed by atoms with Crippen molar-refractivity contribution in [3.63, 3.8) is 0 Å². The monoisotopic (exact) mass is 469 g/mol. The molecule has 1 aliphatic heterocycles. The Bertz CT molecular complexity index is 910. The molecule has 1 saturated heterocycles. The lowest BCUT2D eigenvalue weighted by molar-refractivity contribution is -0.895. The van der Waals surface area contributed by atoms with Crippen molar-refractivity contribution in [2.24, 2.45) is 45.6 Å². The van der Waals surface area contributed by atoms with Gasteiger partial charge >= 0.3 is 5.97 Å². The first-order chi connectivity index (χ1) is 16.0. The minimum absolute atomic E-state index is 0.00217. The maximum absolute atomic E-state index is 12.7. The van der Waals surface area contributed by atoms with E-state index in [-0.39, 0.29) is 22.7 Å². The van der Waals surface area contributed by atoms with Crippen molar-refractivity contribution in [3.8, 4) is 0 Å². The molecule has 6 atom stereocenters. The molecule has 0 bridgehead atoms. The van der Waals surface area contributed by atoms with E-state index in [4.69, 9.17) is 4.84 Å². The quantitative estimate of drug-likeness (QED) is 0.236. The van der Waals surface area contributed by atoms with Crippen LogP contribution in [0.5, 0.6) is 0 Å². The first kappa shape index (κ1) is 24.2. The molecule has 5 heteroatoms. The predicted molar refractivity (Wildman–Crippen MR) is 134 cm³/mol. The first-order valence-corrected chi connectivity index (χ1v) is 13.8. The van der Waals surface area contributed by atoms with Crippen molar-refractivity contribution < 1.29 is 18.9 Å². The Kier molecular flexibility index (Phi) is 6.10. The molecule has 188 valence electrons. The van der Waals surface area contributed by atoms with Crippen LogP contribution in [0, 0.1) is 40.4 Å². The number of quaternary nitrogens is 1. The van der Waals surface area contributed by atoms with Gasteiger partial charge in [0.05, 0.1) is 38.8 Å². The minimum atomic E-state index is -0.131. The summed E-state index contributed by atoms with van der Waals surface area (Å²) in [7, 11) is 4.46. The molecule has 34 heavy (non-hydrogen) atoms. The largest absolute Gasteiger partial charge is 0.338 e. The van der Waals surface area contributed by atoms with E-state index in [0.29, 0.717) is 23.5 Å². The number of nitrogens with zero attached hydrogens (tertiary/aromatic N) is 2. The maximum Gasteiger partial charge on any atom is 0.338 e.